The second-order valence-electron chi connectivity index (χ2n) is 6.90. The van der Waals surface area contributed by atoms with E-state index in [4.69, 9.17) is 0 Å². The Morgan fingerprint density at radius 2 is 1.95 bits per heavy atom. The number of sulfonamides is 1. The van der Waals surface area contributed by atoms with Gasteiger partial charge in [-0.2, -0.15) is 0 Å². The van der Waals surface area contributed by atoms with Gasteiger partial charge < -0.3 is 10.2 Å². The van der Waals surface area contributed by atoms with Crippen LogP contribution in [0.15, 0.2) is 0 Å². The molecule has 0 saturated carbocycles. The number of rotatable bonds is 3. The summed E-state index contributed by atoms with van der Waals surface area (Å²) in [5, 5.41) is 3.08. The number of nitrogens with one attached hydrogen (secondary N) is 1. The van der Waals surface area contributed by atoms with Crippen molar-refractivity contribution >= 4 is 21.8 Å². The van der Waals surface area contributed by atoms with E-state index in [1.807, 2.05) is 13.8 Å². The third-order valence-electron chi connectivity index (χ3n) is 5.08. The van der Waals surface area contributed by atoms with Gasteiger partial charge in [-0.05, 0) is 12.3 Å². The monoisotopic (exact) mass is 329 g/mol. The van der Waals surface area contributed by atoms with E-state index in [0.29, 0.717) is 26.1 Å². The zero-order valence-corrected chi connectivity index (χ0v) is 14.0. The molecule has 7 nitrogen and oxygen atoms in total. The molecule has 0 unspecified atom stereocenters. The van der Waals surface area contributed by atoms with Gasteiger partial charge in [0.25, 0.3) is 0 Å². The summed E-state index contributed by atoms with van der Waals surface area (Å²) >= 11 is 0. The Kier molecular flexibility index (Phi) is 3.71. The van der Waals surface area contributed by atoms with Gasteiger partial charge in [-0.3, -0.25) is 9.59 Å². The number of carbonyl (C=O) groups excluding carboxylic acids is 2. The molecule has 0 radical (unpaired) electrons. The Hall–Kier alpha value is -1.15. The Bertz CT molecular complexity index is 599. The molecule has 3 rings (SSSR count). The predicted molar refractivity (Wildman–Crippen MR) is 80.3 cm³/mol. The number of carbonyl (C=O) groups is 2. The van der Waals surface area contributed by atoms with E-state index in [-0.39, 0.29) is 29.7 Å². The summed E-state index contributed by atoms with van der Waals surface area (Å²) in [4.78, 5) is 27.0. The van der Waals surface area contributed by atoms with Crippen molar-refractivity contribution in [3.63, 3.8) is 0 Å². The Morgan fingerprint density at radius 3 is 2.41 bits per heavy atom. The van der Waals surface area contributed by atoms with Crippen LogP contribution in [0.4, 0.5) is 0 Å². The van der Waals surface area contributed by atoms with Crippen molar-refractivity contribution in [2.75, 3.05) is 25.9 Å². The first-order valence-electron chi connectivity index (χ1n) is 7.78. The topological polar surface area (TPSA) is 86.8 Å². The zero-order valence-electron chi connectivity index (χ0n) is 13.2. The molecule has 8 heteroatoms. The average molecular weight is 329 g/mol. The van der Waals surface area contributed by atoms with E-state index in [9.17, 15) is 18.0 Å². The maximum absolute atomic E-state index is 12.6. The third kappa shape index (κ3) is 2.23. The fourth-order valence-electron chi connectivity index (χ4n) is 3.99. The molecule has 3 saturated heterocycles. The second-order valence-corrected chi connectivity index (χ2v) is 8.76. The minimum atomic E-state index is -3.60. The van der Waals surface area contributed by atoms with E-state index < -0.39 is 22.0 Å². The number of hydrogen-bond donors (Lipinski definition) is 1. The summed E-state index contributed by atoms with van der Waals surface area (Å²) in [7, 11) is -3.60. The van der Waals surface area contributed by atoms with Crippen molar-refractivity contribution in [1.82, 2.24) is 14.5 Å². The molecule has 2 amide bonds. The lowest BCUT2D eigenvalue weighted by molar-refractivity contribution is -0.139. The Labute approximate surface area is 131 Å². The first-order valence-corrected chi connectivity index (χ1v) is 9.62. The smallest absolute Gasteiger partial charge is 0.241 e. The lowest BCUT2D eigenvalue weighted by Crippen LogP contribution is -2.55. The SMILES string of the molecule is CC(C)[C@@H]1C(=O)N(S(C)(=O)=O)[C@@H]2CCN(C(=O)C3CNC3)[C@H]21. The zero-order chi connectivity index (χ0) is 16.2. The molecule has 0 aliphatic carbocycles. The molecule has 1 N–H and O–H groups in total. The van der Waals surface area contributed by atoms with Gasteiger partial charge in [0.1, 0.15) is 0 Å². The van der Waals surface area contributed by atoms with Crippen LogP contribution in [0.1, 0.15) is 20.3 Å². The summed E-state index contributed by atoms with van der Waals surface area (Å²) in [6, 6.07) is -0.706. The van der Waals surface area contributed by atoms with E-state index >= 15 is 0 Å². The molecule has 0 aromatic carbocycles. The van der Waals surface area contributed by atoms with E-state index in [0.717, 1.165) is 10.6 Å². The first kappa shape index (κ1) is 15.7. The van der Waals surface area contributed by atoms with Gasteiger partial charge in [0.15, 0.2) is 0 Å². The maximum atomic E-state index is 12.6. The molecule has 22 heavy (non-hydrogen) atoms. The van der Waals surface area contributed by atoms with Crippen LogP contribution in [0, 0.1) is 17.8 Å². The molecule has 0 bridgehead atoms. The average Bonchev–Trinajstić information content (AvgIpc) is 2.80. The highest BCUT2D eigenvalue weighted by Crippen LogP contribution is 2.41. The molecule has 0 spiro atoms. The van der Waals surface area contributed by atoms with Crippen molar-refractivity contribution in [3.8, 4) is 0 Å². The van der Waals surface area contributed by atoms with E-state index in [1.165, 1.54) is 0 Å². The maximum Gasteiger partial charge on any atom is 0.241 e. The second kappa shape index (κ2) is 5.19. The van der Waals surface area contributed by atoms with Gasteiger partial charge in [0.2, 0.25) is 21.8 Å². The van der Waals surface area contributed by atoms with E-state index in [1.54, 1.807) is 4.90 Å². The van der Waals surface area contributed by atoms with Gasteiger partial charge in [0, 0.05) is 19.6 Å². The summed E-state index contributed by atoms with van der Waals surface area (Å²) in [5.41, 5.74) is 0. The molecule has 3 atom stereocenters. The molecule has 0 aromatic rings. The number of fused-ring (bicyclic) bond motifs is 1. The van der Waals surface area contributed by atoms with Crippen LogP contribution in [0.25, 0.3) is 0 Å². The summed E-state index contributed by atoms with van der Waals surface area (Å²) < 4.78 is 25.1. The molecule has 3 aliphatic rings. The Morgan fingerprint density at radius 1 is 1.32 bits per heavy atom. The number of nitrogens with zero attached hydrogens (tertiary/aromatic N) is 2. The molecule has 124 valence electrons. The third-order valence-corrected chi connectivity index (χ3v) is 6.25. The van der Waals surface area contributed by atoms with Gasteiger partial charge in [0.05, 0.1) is 30.2 Å². The van der Waals surface area contributed by atoms with Gasteiger partial charge >= 0.3 is 0 Å². The highest BCUT2D eigenvalue weighted by atomic mass is 32.2. The summed E-state index contributed by atoms with van der Waals surface area (Å²) in [5.74, 6) is -0.760. The molecule has 0 aromatic heterocycles. The van der Waals surface area contributed by atoms with Crippen molar-refractivity contribution in [3.05, 3.63) is 0 Å². The molecular formula is C14H23N3O4S. The molecule has 3 fully saturated rings. The van der Waals surface area contributed by atoms with Crippen molar-refractivity contribution < 1.29 is 18.0 Å². The lowest BCUT2D eigenvalue weighted by atomic mass is 9.87. The molecule has 3 heterocycles. The van der Waals surface area contributed by atoms with Gasteiger partial charge in [-0.25, -0.2) is 12.7 Å². The normalized spacial score (nSPS) is 32.5. The lowest BCUT2D eigenvalue weighted by Gasteiger charge is -2.35. The highest BCUT2D eigenvalue weighted by molar-refractivity contribution is 7.88. The number of amides is 2. The largest absolute Gasteiger partial charge is 0.336 e. The van der Waals surface area contributed by atoms with E-state index in [2.05, 4.69) is 5.32 Å². The standard InChI is InChI=1S/C14H23N3O4S/c1-8(2)11-12-10(17(14(11)19)22(3,20)21)4-5-16(12)13(18)9-6-15-7-9/h8-12,15H,4-7H2,1-3H3/t10-,11+,12-/m1/s1. The van der Waals surface area contributed by atoms with Crippen LogP contribution in [-0.4, -0.2) is 67.4 Å². The van der Waals surface area contributed by atoms with Crippen molar-refractivity contribution in [1.29, 1.82) is 0 Å². The van der Waals surface area contributed by atoms with Crippen LogP contribution in [0.5, 0.6) is 0 Å². The Balaban J connectivity index is 1.94. The van der Waals surface area contributed by atoms with Crippen molar-refractivity contribution in [2.24, 2.45) is 17.8 Å². The highest BCUT2D eigenvalue weighted by Gasteiger charge is 2.58. The summed E-state index contributed by atoms with van der Waals surface area (Å²) in [6.45, 7) is 5.70. The van der Waals surface area contributed by atoms with Crippen LogP contribution in [0.3, 0.4) is 0 Å². The first-order chi connectivity index (χ1) is 10.2. The van der Waals surface area contributed by atoms with Gasteiger partial charge in [-0.1, -0.05) is 13.8 Å². The summed E-state index contributed by atoms with van der Waals surface area (Å²) in [6.07, 6.45) is 1.61. The van der Waals surface area contributed by atoms with Crippen LogP contribution < -0.4 is 5.32 Å². The molecule has 3 aliphatic heterocycles. The number of hydrogen-bond acceptors (Lipinski definition) is 5. The van der Waals surface area contributed by atoms with Gasteiger partial charge in [-0.15, -0.1) is 0 Å². The minimum Gasteiger partial charge on any atom is -0.336 e. The van der Waals surface area contributed by atoms with Crippen LogP contribution >= 0.6 is 0 Å². The molecular weight excluding hydrogens is 306 g/mol. The number of likely N-dealkylation sites (tertiary alicyclic amines) is 1. The van der Waals surface area contributed by atoms with Crippen LogP contribution in [-0.2, 0) is 19.6 Å². The van der Waals surface area contributed by atoms with Crippen molar-refractivity contribution in [2.45, 2.75) is 32.4 Å². The fourth-order valence-corrected chi connectivity index (χ4v) is 5.16. The minimum absolute atomic E-state index is 0.000310. The predicted octanol–water partition coefficient (Wildman–Crippen LogP) is -0.751. The van der Waals surface area contributed by atoms with Crippen LogP contribution in [0.2, 0.25) is 0 Å². The fraction of sp³-hybridized carbons (Fsp3) is 0.857. The quantitative estimate of drug-likeness (QED) is 0.736.